The van der Waals surface area contributed by atoms with Gasteiger partial charge in [-0.2, -0.15) is 4.99 Å². The van der Waals surface area contributed by atoms with E-state index in [2.05, 4.69) is 20.9 Å². The predicted octanol–water partition coefficient (Wildman–Crippen LogP) is 3.59. The van der Waals surface area contributed by atoms with Crippen molar-refractivity contribution < 1.29 is 4.79 Å². The maximum atomic E-state index is 11.9. The lowest BCUT2D eigenvalue weighted by molar-refractivity contribution is 0.199. The lowest BCUT2D eigenvalue weighted by Crippen LogP contribution is -2.36. The highest BCUT2D eigenvalue weighted by Crippen LogP contribution is 2.34. The van der Waals surface area contributed by atoms with Gasteiger partial charge in [-0.15, -0.1) is 0 Å². The van der Waals surface area contributed by atoms with E-state index < -0.39 is 0 Å². The molecular formula is C13H15BrClN3O. The summed E-state index contributed by atoms with van der Waals surface area (Å²) in [5, 5.41) is 0.579. The van der Waals surface area contributed by atoms with Crippen LogP contribution in [0.5, 0.6) is 0 Å². The van der Waals surface area contributed by atoms with Crippen molar-refractivity contribution in [3.05, 3.63) is 33.3 Å². The highest BCUT2D eigenvalue weighted by atomic mass is 79.9. The van der Waals surface area contributed by atoms with Crippen LogP contribution in [0.15, 0.2) is 27.7 Å². The SMILES string of the molecule is CC(C)CN1C(=O)N=C(N)C1c1cc(Br)ccc1Cl. The molecule has 4 nitrogen and oxygen atoms in total. The van der Waals surface area contributed by atoms with Crippen molar-refractivity contribution in [1.82, 2.24) is 4.90 Å². The molecule has 2 rings (SSSR count). The van der Waals surface area contributed by atoms with E-state index in [1.54, 1.807) is 11.0 Å². The minimum absolute atomic E-state index is 0.297. The molecule has 19 heavy (non-hydrogen) atoms. The summed E-state index contributed by atoms with van der Waals surface area (Å²) in [6.07, 6.45) is 0. The van der Waals surface area contributed by atoms with Crippen LogP contribution in [0.2, 0.25) is 5.02 Å². The molecule has 2 N–H and O–H groups in total. The van der Waals surface area contributed by atoms with Gasteiger partial charge in [0.05, 0.1) is 0 Å². The van der Waals surface area contributed by atoms with E-state index >= 15 is 0 Å². The molecule has 0 fully saturated rings. The lowest BCUT2D eigenvalue weighted by atomic mass is 10.0. The topological polar surface area (TPSA) is 58.7 Å². The number of hydrogen-bond donors (Lipinski definition) is 1. The molecule has 1 aromatic carbocycles. The number of halogens is 2. The number of amidine groups is 1. The van der Waals surface area contributed by atoms with E-state index in [-0.39, 0.29) is 12.1 Å². The Balaban J connectivity index is 2.42. The summed E-state index contributed by atoms with van der Waals surface area (Å²) < 4.78 is 0.892. The first-order chi connectivity index (χ1) is 8.90. The van der Waals surface area contributed by atoms with Gasteiger partial charge < -0.3 is 10.6 Å². The van der Waals surface area contributed by atoms with Crippen LogP contribution < -0.4 is 5.73 Å². The monoisotopic (exact) mass is 343 g/mol. The number of carbonyl (C=O) groups excluding carboxylic acids is 1. The Morgan fingerprint density at radius 2 is 2.21 bits per heavy atom. The van der Waals surface area contributed by atoms with Crippen LogP contribution >= 0.6 is 27.5 Å². The van der Waals surface area contributed by atoms with Crippen LogP contribution in [0.3, 0.4) is 0 Å². The number of carbonyl (C=O) groups is 1. The van der Waals surface area contributed by atoms with Crippen molar-refractivity contribution in [3.8, 4) is 0 Å². The molecule has 1 unspecified atom stereocenters. The van der Waals surface area contributed by atoms with Crippen LogP contribution in [-0.2, 0) is 0 Å². The first kappa shape index (κ1) is 14.3. The number of nitrogens with zero attached hydrogens (tertiary/aromatic N) is 2. The average molecular weight is 345 g/mol. The van der Waals surface area contributed by atoms with Crippen molar-refractivity contribution in [3.63, 3.8) is 0 Å². The summed E-state index contributed by atoms with van der Waals surface area (Å²) in [4.78, 5) is 17.4. The maximum Gasteiger partial charge on any atom is 0.346 e. The van der Waals surface area contributed by atoms with Crippen molar-refractivity contribution in [2.24, 2.45) is 16.6 Å². The average Bonchev–Trinajstić information content (AvgIpc) is 2.57. The van der Waals surface area contributed by atoms with Gasteiger partial charge in [0.1, 0.15) is 11.9 Å². The normalized spacial score (nSPS) is 19.2. The second kappa shape index (κ2) is 5.51. The quantitative estimate of drug-likeness (QED) is 0.911. The molecule has 0 aromatic heterocycles. The van der Waals surface area contributed by atoms with E-state index in [0.29, 0.717) is 23.3 Å². The van der Waals surface area contributed by atoms with E-state index in [4.69, 9.17) is 17.3 Å². The van der Waals surface area contributed by atoms with Crippen LogP contribution in [0.4, 0.5) is 4.79 Å². The number of benzene rings is 1. The molecule has 1 aliphatic rings. The molecule has 1 aromatic rings. The van der Waals surface area contributed by atoms with Gasteiger partial charge in [0.15, 0.2) is 0 Å². The molecule has 2 amide bonds. The fraction of sp³-hybridized carbons (Fsp3) is 0.385. The molecule has 6 heteroatoms. The zero-order valence-electron chi connectivity index (χ0n) is 10.7. The molecule has 0 aliphatic carbocycles. The van der Waals surface area contributed by atoms with Gasteiger partial charge >= 0.3 is 6.03 Å². The minimum Gasteiger partial charge on any atom is -0.385 e. The Labute approximate surface area is 125 Å². The maximum absolute atomic E-state index is 11.9. The first-order valence-corrected chi connectivity index (χ1v) is 7.17. The van der Waals surface area contributed by atoms with E-state index in [1.165, 1.54) is 0 Å². The molecule has 0 saturated carbocycles. The summed E-state index contributed by atoms with van der Waals surface area (Å²) in [7, 11) is 0. The Kier molecular flexibility index (Phi) is 4.16. The number of urea groups is 1. The molecule has 0 spiro atoms. The van der Waals surface area contributed by atoms with Crippen molar-refractivity contribution in [2.45, 2.75) is 19.9 Å². The minimum atomic E-state index is -0.375. The standard InChI is InChI=1S/C13H15BrClN3O/c1-7(2)6-18-11(12(16)17-13(18)19)9-5-8(14)3-4-10(9)15/h3-5,7,11H,6H2,1-2H3,(H2,16,17,19). The molecule has 1 atom stereocenters. The molecule has 1 heterocycles. The van der Waals surface area contributed by atoms with E-state index in [0.717, 1.165) is 10.0 Å². The Morgan fingerprint density at radius 1 is 1.53 bits per heavy atom. The summed E-state index contributed by atoms with van der Waals surface area (Å²) in [5.41, 5.74) is 6.70. The van der Waals surface area contributed by atoms with Gasteiger partial charge in [-0.25, -0.2) is 4.79 Å². The second-order valence-corrected chi connectivity index (χ2v) is 6.26. The third kappa shape index (κ3) is 2.92. The van der Waals surface area contributed by atoms with Crippen LogP contribution in [0, 0.1) is 5.92 Å². The molecule has 0 saturated heterocycles. The fourth-order valence-corrected chi connectivity index (χ4v) is 2.73. The number of amides is 2. The zero-order valence-corrected chi connectivity index (χ0v) is 13.1. The largest absolute Gasteiger partial charge is 0.385 e. The zero-order chi connectivity index (χ0) is 14.2. The van der Waals surface area contributed by atoms with Crippen LogP contribution in [0.1, 0.15) is 25.5 Å². The number of hydrogen-bond acceptors (Lipinski definition) is 2. The summed E-state index contributed by atoms with van der Waals surface area (Å²) in [6, 6.07) is 4.83. The molecule has 1 aliphatic heterocycles. The van der Waals surface area contributed by atoms with Crippen molar-refractivity contribution in [2.75, 3.05) is 6.54 Å². The molecule has 0 radical (unpaired) electrons. The fourth-order valence-electron chi connectivity index (χ4n) is 2.13. The third-order valence-corrected chi connectivity index (χ3v) is 3.71. The van der Waals surface area contributed by atoms with Crippen molar-refractivity contribution >= 4 is 39.4 Å². The van der Waals surface area contributed by atoms with Crippen LogP contribution in [-0.4, -0.2) is 23.3 Å². The highest BCUT2D eigenvalue weighted by molar-refractivity contribution is 9.10. The molecule has 102 valence electrons. The van der Waals surface area contributed by atoms with Gasteiger partial charge in [-0.1, -0.05) is 41.4 Å². The van der Waals surface area contributed by atoms with Gasteiger partial charge in [0.2, 0.25) is 0 Å². The van der Waals surface area contributed by atoms with Gasteiger partial charge in [-0.05, 0) is 24.1 Å². The third-order valence-electron chi connectivity index (χ3n) is 2.88. The lowest BCUT2D eigenvalue weighted by Gasteiger charge is -2.26. The number of aliphatic imine (C=N–C) groups is 1. The predicted molar refractivity (Wildman–Crippen MR) is 80.5 cm³/mol. The smallest absolute Gasteiger partial charge is 0.346 e. The Bertz CT molecular complexity index is 545. The Hall–Kier alpha value is -1.07. The second-order valence-electron chi connectivity index (χ2n) is 4.93. The summed E-state index contributed by atoms with van der Waals surface area (Å²) in [6.45, 7) is 4.68. The van der Waals surface area contributed by atoms with Gasteiger partial charge in [-0.3, -0.25) is 0 Å². The van der Waals surface area contributed by atoms with Crippen LogP contribution in [0.25, 0.3) is 0 Å². The van der Waals surface area contributed by atoms with Crippen molar-refractivity contribution in [1.29, 1.82) is 0 Å². The highest BCUT2D eigenvalue weighted by Gasteiger charge is 2.35. The molecular weight excluding hydrogens is 330 g/mol. The Morgan fingerprint density at radius 3 is 2.84 bits per heavy atom. The van der Waals surface area contributed by atoms with E-state index in [1.807, 2.05) is 26.0 Å². The van der Waals surface area contributed by atoms with Gasteiger partial charge in [0.25, 0.3) is 0 Å². The first-order valence-electron chi connectivity index (χ1n) is 5.99. The summed E-state index contributed by atoms with van der Waals surface area (Å²) in [5.74, 6) is 0.629. The molecule has 0 bridgehead atoms. The van der Waals surface area contributed by atoms with Gasteiger partial charge in [0, 0.05) is 21.6 Å². The number of nitrogens with two attached hydrogens (primary N) is 1. The van der Waals surface area contributed by atoms with E-state index in [9.17, 15) is 4.79 Å². The summed E-state index contributed by atoms with van der Waals surface area (Å²) >= 11 is 9.63. The number of rotatable bonds is 3.